The van der Waals surface area contributed by atoms with Crippen LogP contribution in [0.15, 0.2) is 17.6 Å². The van der Waals surface area contributed by atoms with Gasteiger partial charge in [0, 0.05) is 18.1 Å². The van der Waals surface area contributed by atoms with Crippen LogP contribution in [-0.4, -0.2) is 44.4 Å². The Labute approximate surface area is 121 Å². The number of carbonyl (C=O) groups excluding carboxylic acids is 1. The molecule has 0 atom stereocenters. The van der Waals surface area contributed by atoms with Gasteiger partial charge in [0.2, 0.25) is 0 Å². The highest BCUT2D eigenvalue weighted by Crippen LogP contribution is 2.28. The van der Waals surface area contributed by atoms with Crippen LogP contribution in [0, 0.1) is 0 Å². The first-order chi connectivity index (χ1) is 9.60. The fourth-order valence-corrected chi connectivity index (χ4v) is 3.77. The van der Waals surface area contributed by atoms with E-state index in [4.69, 9.17) is 5.11 Å². The molecule has 0 aliphatic rings. The molecule has 0 radical (unpaired) electrons. The number of fused-ring (bicyclic) bond motifs is 3. The number of carbonyl (C=O) groups is 2. The number of hydrogen-bond donors (Lipinski definition) is 1. The number of thiazole rings is 1. The average Bonchev–Trinajstić information content (AvgIpc) is 3.05. The SMILES string of the molecule is CCN(CC(=O)O)C(=O)c1cc2c(nc3sccn32)s1. The predicted octanol–water partition coefficient (Wildman–Crippen LogP) is 2.16. The van der Waals surface area contributed by atoms with Crippen molar-refractivity contribution in [1.29, 1.82) is 0 Å². The van der Waals surface area contributed by atoms with Gasteiger partial charge in [-0.2, -0.15) is 0 Å². The van der Waals surface area contributed by atoms with Gasteiger partial charge >= 0.3 is 5.97 Å². The molecule has 3 heterocycles. The second-order valence-electron chi connectivity index (χ2n) is 4.18. The van der Waals surface area contributed by atoms with Gasteiger partial charge in [-0.1, -0.05) is 0 Å². The average molecular weight is 309 g/mol. The summed E-state index contributed by atoms with van der Waals surface area (Å²) in [5.74, 6) is -1.27. The molecule has 0 fully saturated rings. The fraction of sp³-hybridized carbons (Fsp3) is 0.250. The molecular weight excluding hydrogens is 298 g/mol. The van der Waals surface area contributed by atoms with Gasteiger partial charge < -0.3 is 10.0 Å². The van der Waals surface area contributed by atoms with Crippen LogP contribution in [0.4, 0.5) is 0 Å². The van der Waals surface area contributed by atoms with Crippen molar-refractivity contribution < 1.29 is 14.7 Å². The van der Waals surface area contributed by atoms with Gasteiger partial charge in [-0.15, -0.1) is 22.7 Å². The monoisotopic (exact) mass is 309 g/mol. The van der Waals surface area contributed by atoms with Crippen molar-refractivity contribution in [2.75, 3.05) is 13.1 Å². The van der Waals surface area contributed by atoms with Crippen LogP contribution in [0.5, 0.6) is 0 Å². The number of carboxylic acid groups (broad SMARTS) is 1. The number of rotatable bonds is 4. The van der Waals surface area contributed by atoms with Crippen LogP contribution >= 0.6 is 22.7 Å². The largest absolute Gasteiger partial charge is 0.480 e. The molecule has 0 saturated carbocycles. The quantitative estimate of drug-likeness (QED) is 0.801. The minimum Gasteiger partial charge on any atom is -0.480 e. The first-order valence-corrected chi connectivity index (χ1v) is 7.66. The van der Waals surface area contributed by atoms with Gasteiger partial charge in [0.25, 0.3) is 5.91 Å². The molecule has 20 heavy (non-hydrogen) atoms. The minimum atomic E-state index is -1.01. The van der Waals surface area contributed by atoms with E-state index in [1.54, 1.807) is 13.0 Å². The van der Waals surface area contributed by atoms with Gasteiger partial charge in [-0.25, -0.2) is 4.98 Å². The number of imidazole rings is 1. The normalized spacial score (nSPS) is 11.2. The van der Waals surface area contributed by atoms with E-state index in [9.17, 15) is 9.59 Å². The summed E-state index contributed by atoms with van der Waals surface area (Å²) in [6, 6.07) is 1.78. The fourth-order valence-electron chi connectivity index (χ4n) is 2.00. The predicted molar refractivity (Wildman–Crippen MR) is 77.7 cm³/mol. The maximum atomic E-state index is 12.3. The molecule has 1 amide bonds. The molecule has 6 nitrogen and oxygen atoms in total. The van der Waals surface area contributed by atoms with E-state index in [1.165, 1.54) is 27.6 Å². The van der Waals surface area contributed by atoms with Crippen molar-refractivity contribution >= 4 is 49.9 Å². The number of aliphatic carboxylic acids is 1. The standard InChI is InChI=1S/C12H11N3O3S2/c1-2-14(6-9(16)17)11(18)8-5-7-10(20-8)13-12-15(7)3-4-19-12/h3-5H,2,6H2,1H3,(H,16,17). The van der Waals surface area contributed by atoms with Crippen molar-refractivity contribution in [1.82, 2.24) is 14.3 Å². The molecule has 0 aromatic carbocycles. The Hall–Kier alpha value is -1.93. The molecule has 0 aliphatic heterocycles. The first kappa shape index (κ1) is 13.1. The van der Waals surface area contributed by atoms with Crippen molar-refractivity contribution in [3.8, 4) is 0 Å². The van der Waals surface area contributed by atoms with Crippen LogP contribution < -0.4 is 0 Å². The Bertz CT molecular complexity index is 801. The Balaban J connectivity index is 1.98. The molecule has 3 aromatic heterocycles. The van der Waals surface area contributed by atoms with Crippen molar-refractivity contribution in [2.45, 2.75) is 6.92 Å². The first-order valence-electron chi connectivity index (χ1n) is 5.96. The van der Waals surface area contributed by atoms with Crippen LogP contribution in [0.1, 0.15) is 16.6 Å². The summed E-state index contributed by atoms with van der Waals surface area (Å²) in [6.45, 7) is 1.84. The van der Waals surface area contributed by atoms with Gasteiger partial charge in [-0.3, -0.25) is 14.0 Å². The summed E-state index contributed by atoms with van der Waals surface area (Å²) in [4.78, 5) is 31.0. The Morgan fingerprint density at radius 1 is 1.50 bits per heavy atom. The highest BCUT2D eigenvalue weighted by Gasteiger charge is 2.21. The lowest BCUT2D eigenvalue weighted by atomic mass is 10.3. The summed E-state index contributed by atoms with van der Waals surface area (Å²) in [7, 11) is 0. The zero-order valence-corrected chi connectivity index (χ0v) is 12.2. The van der Waals surface area contributed by atoms with Crippen LogP contribution in [0.2, 0.25) is 0 Å². The molecule has 0 aliphatic carbocycles. The molecule has 0 unspecified atom stereocenters. The number of likely N-dealkylation sites (N-methyl/N-ethyl adjacent to an activating group) is 1. The van der Waals surface area contributed by atoms with Gasteiger partial charge in [-0.05, 0) is 13.0 Å². The Kier molecular flexibility index (Phi) is 3.19. The maximum absolute atomic E-state index is 12.3. The van der Waals surface area contributed by atoms with E-state index in [1.807, 2.05) is 16.0 Å². The second kappa shape index (κ2) is 4.88. The van der Waals surface area contributed by atoms with E-state index >= 15 is 0 Å². The molecule has 1 N–H and O–H groups in total. The van der Waals surface area contributed by atoms with E-state index in [0.717, 1.165) is 15.3 Å². The lowest BCUT2D eigenvalue weighted by Gasteiger charge is -2.17. The molecule has 0 saturated heterocycles. The van der Waals surface area contributed by atoms with Crippen molar-refractivity contribution in [3.05, 3.63) is 22.5 Å². The Morgan fingerprint density at radius 3 is 3.00 bits per heavy atom. The maximum Gasteiger partial charge on any atom is 0.323 e. The van der Waals surface area contributed by atoms with Crippen molar-refractivity contribution in [2.24, 2.45) is 0 Å². The molecule has 104 valence electrons. The van der Waals surface area contributed by atoms with Crippen LogP contribution in [-0.2, 0) is 4.79 Å². The molecular formula is C12H11N3O3S2. The van der Waals surface area contributed by atoms with Crippen LogP contribution in [0.25, 0.3) is 15.3 Å². The zero-order valence-electron chi connectivity index (χ0n) is 10.6. The third kappa shape index (κ3) is 2.06. The lowest BCUT2D eigenvalue weighted by molar-refractivity contribution is -0.137. The topological polar surface area (TPSA) is 74.9 Å². The minimum absolute atomic E-state index is 0.262. The van der Waals surface area contributed by atoms with Gasteiger partial charge in [0.15, 0.2) is 4.96 Å². The number of amides is 1. The smallest absolute Gasteiger partial charge is 0.323 e. The summed E-state index contributed by atoms with van der Waals surface area (Å²) in [5, 5.41) is 10.8. The van der Waals surface area contributed by atoms with E-state index in [-0.39, 0.29) is 12.5 Å². The van der Waals surface area contributed by atoms with Crippen molar-refractivity contribution in [3.63, 3.8) is 0 Å². The second-order valence-corrected chi connectivity index (χ2v) is 6.09. The van der Waals surface area contributed by atoms with E-state index < -0.39 is 5.97 Å². The molecule has 3 rings (SSSR count). The number of nitrogens with zero attached hydrogens (tertiary/aromatic N) is 3. The Morgan fingerprint density at radius 2 is 2.30 bits per heavy atom. The van der Waals surface area contributed by atoms with Crippen LogP contribution in [0.3, 0.4) is 0 Å². The summed E-state index contributed by atoms with van der Waals surface area (Å²) < 4.78 is 1.93. The summed E-state index contributed by atoms with van der Waals surface area (Å²) in [6.07, 6.45) is 1.91. The summed E-state index contributed by atoms with van der Waals surface area (Å²) >= 11 is 2.83. The van der Waals surface area contributed by atoms with Gasteiger partial charge in [0.05, 0.1) is 10.4 Å². The highest BCUT2D eigenvalue weighted by atomic mass is 32.1. The van der Waals surface area contributed by atoms with E-state index in [0.29, 0.717) is 11.4 Å². The number of carboxylic acids is 1. The zero-order chi connectivity index (χ0) is 14.3. The number of hydrogen-bond acceptors (Lipinski definition) is 5. The molecule has 3 aromatic rings. The molecule has 0 spiro atoms. The summed E-state index contributed by atoms with van der Waals surface area (Å²) in [5.41, 5.74) is 0.890. The highest BCUT2D eigenvalue weighted by molar-refractivity contribution is 7.21. The molecule has 8 heteroatoms. The van der Waals surface area contributed by atoms with E-state index in [2.05, 4.69) is 4.98 Å². The van der Waals surface area contributed by atoms with Gasteiger partial charge in [0.1, 0.15) is 11.4 Å². The lowest BCUT2D eigenvalue weighted by Crippen LogP contribution is -2.34. The number of aromatic nitrogens is 2. The molecule has 0 bridgehead atoms. The number of thiophene rings is 1. The third-order valence-electron chi connectivity index (χ3n) is 2.95. The third-order valence-corrected chi connectivity index (χ3v) is 4.71.